The molecule has 102 valence electrons. The van der Waals surface area contributed by atoms with Crippen LogP contribution in [-0.4, -0.2) is 13.2 Å². The van der Waals surface area contributed by atoms with Crippen molar-refractivity contribution in [3.05, 3.63) is 29.8 Å². The Morgan fingerprint density at radius 2 is 1.94 bits per heavy atom. The fourth-order valence-electron chi connectivity index (χ4n) is 2.32. The van der Waals surface area contributed by atoms with Gasteiger partial charge in [-0.15, -0.1) is 0 Å². The van der Waals surface area contributed by atoms with Crippen molar-refractivity contribution in [1.82, 2.24) is 5.32 Å². The minimum Gasteiger partial charge on any atom is -0.496 e. The molecule has 0 aliphatic rings. The van der Waals surface area contributed by atoms with Crippen molar-refractivity contribution in [3.8, 4) is 5.75 Å². The number of benzene rings is 1. The molecule has 0 aliphatic heterocycles. The molecule has 2 nitrogen and oxygen atoms in total. The Balaban J connectivity index is 2.65. The van der Waals surface area contributed by atoms with Crippen LogP contribution in [0.15, 0.2) is 24.3 Å². The van der Waals surface area contributed by atoms with E-state index < -0.39 is 0 Å². The quantitative estimate of drug-likeness (QED) is 0.741. The third-order valence-electron chi connectivity index (χ3n) is 3.49. The Morgan fingerprint density at radius 3 is 2.56 bits per heavy atom. The number of unbranched alkanes of at least 4 members (excludes halogenated alkanes) is 1. The highest BCUT2D eigenvalue weighted by Crippen LogP contribution is 2.25. The van der Waals surface area contributed by atoms with Gasteiger partial charge in [-0.3, -0.25) is 0 Å². The van der Waals surface area contributed by atoms with Crippen LogP contribution in [0.5, 0.6) is 5.75 Å². The molecule has 2 heteroatoms. The smallest absolute Gasteiger partial charge is 0.123 e. The second-order valence-corrected chi connectivity index (χ2v) is 4.88. The van der Waals surface area contributed by atoms with Gasteiger partial charge in [0.2, 0.25) is 0 Å². The summed E-state index contributed by atoms with van der Waals surface area (Å²) in [6, 6.07) is 9.20. The lowest BCUT2D eigenvalue weighted by molar-refractivity contribution is 0.380. The Bertz CT molecular complexity index is 338. The molecule has 1 aromatic rings. The number of hydrogen-bond donors (Lipinski definition) is 1. The van der Waals surface area contributed by atoms with Crippen molar-refractivity contribution >= 4 is 0 Å². The van der Waals surface area contributed by atoms with Gasteiger partial charge >= 0.3 is 0 Å². The molecule has 0 aliphatic carbocycles. The highest BCUT2D eigenvalue weighted by molar-refractivity contribution is 5.35. The van der Waals surface area contributed by atoms with Gasteiger partial charge in [0.25, 0.3) is 0 Å². The van der Waals surface area contributed by atoms with Gasteiger partial charge in [0, 0.05) is 17.6 Å². The fourth-order valence-corrected chi connectivity index (χ4v) is 2.32. The predicted octanol–water partition coefficient (Wildman–Crippen LogP) is 4.31. The first-order chi connectivity index (χ1) is 8.72. The minimum atomic E-state index is 0.336. The maximum Gasteiger partial charge on any atom is 0.123 e. The second kappa shape index (κ2) is 8.15. The number of nitrogens with one attached hydrogen (secondary N) is 1. The van der Waals surface area contributed by atoms with E-state index >= 15 is 0 Å². The Hall–Kier alpha value is -1.02. The van der Waals surface area contributed by atoms with Crippen LogP contribution in [0.3, 0.4) is 0 Å². The third-order valence-corrected chi connectivity index (χ3v) is 3.49. The molecule has 0 fully saturated rings. The first kappa shape index (κ1) is 15.0. The van der Waals surface area contributed by atoms with E-state index in [0.717, 1.165) is 5.75 Å². The van der Waals surface area contributed by atoms with Gasteiger partial charge in [-0.05, 0) is 25.8 Å². The lowest BCUT2D eigenvalue weighted by atomic mass is 10.0. The van der Waals surface area contributed by atoms with Gasteiger partial charge in [-0.2, -0.15) is 0 Å². The predicted molar refractivity (Wildman–Crippen MR) is 78.1 cm³/mol. The van der Waals surface area contributed by atoms with Gasteiger partial charge in [-0.25, -0.2) is 0 Å². The summed E-state index contributed by atoms with van der Waals surface area (Å²) in [7, 11) is 1.74. The van der Waals surface area contributed by atoms with Crippen LogP contribution >= 0.6 is 0 Å². The average molecular weight is 249 g/mol. The van der Waals surface area contributed by atoms with E-state index in [4.69, 9.17) is 4.74 Å². The molecule has 0 saturated carbocycles. The van der Waals surface area contributed by atoms with E-state index in [0.29, 0.717) is 12.1 Å². The van der Waals surface area contributed by atoms with Crippen molar-refractivity contribution in [2.75, 3.05) is 7.11 Å². The average Bonchev–Trinajstić information content (AvgIpc) is 2.43. The van der Waals surface area contributed by atoms with Crippen molar-refractivity contribution < 1.29 is 4.74 Å². The molecular weight excluding hydrogens is 222 g/mol. The molecule has 0 bridgehead atoms. The normalized spacial score (nSPS) is 14.2. The summed E-state index contributed by atoms with van der Waals surface area (Å²) in [5.41, 5.74) is 1.25. The molecule has 0 heterocycles. The van der Waals surface area contributed by atoms with Gasteiger partial charge < -0.3 is 10.1 Å². The zero-order valence-corrected chi connectivity index (χ0v) is 12.2. The SMILES string of the molecule is CCCCC(CC)N[C@H](C)c1ccccc1OC. The van der Waals surface area contributed by atoms with Crippen LogP contribution in [-0.2, 0) is 0 Å². The first-order valence-corrected chi connectivity index (χ1v) is 7.11. The molecule has 0 aromatic heterocycles. The van der Waals surface area contributed by atoms with E-state index in [-0.39, 0.29) is 0 Å². The largest absolute Gasteiger partial charge is 0.496 e. The Morgan fingerprint density at radius 1 is 1.22 bits per heavy atom. The van der Waals surface area contributed by atoms with Crippen LogP contribution in [0.2, 0.25) is 0 Å². The first-order valence-electron chi connectivity index (χ1n) is 7.11. The molecule has 0 saturated heterocycles. The fraction of sp³-hybridized carbons (Fsp3) is 0.625. The Labute approximate surface area is 112 Å². The summed E-state index contributed by atoms with van der Waals surface area (Å²) in [6.45, 7) is 6.71. The summed E-state index contributed by atoms with van der Waals surface area (Å²) in [5, 5.41) is 3.71. The molecule has 0 radical (unpaired) electrons. The molecule has 0 amide bonds. The maximum atomic E-state index is 5.42. The zero-order chi connectivity index (χ0) is 13.4. The van der Waals surface area contributed by atoms with Crippen LogP contribution in [0.1, 0.15) is 58.1 Å². The number of ether oxygens (including phenoxy) is 1. The number of methoxy groups -OCH3 is 1. The monoisotopic (exact) mass is 249 g/mol. The summed E-state index contributed by atoms with van der Waals surface area (Å²) in [4.78, 5) is 0. The summed E-state index contributed by atoms with van der Waals surface area (Å²) in [5.74, 6) is 0.975. The summed E-state index contributed by atoms with van der Waals surface area (Å²) in [6.07, 6.45) is 5.00. The van der Waals surface area contributed by atoms with Gasteiger partial charge in [0.1, 0.15) is 5.75 Å². The molecule has 2 atom stereocenters. The van der Waals surface area contributed by atoms with Gasteiger partial charge in [-0.1, -0.05) is 44.9 Å². The number of rotatable bonds is 8. The topological polar surface area (TPSA) is 21.3 Å². The van der Waals surface area contributed by atoms with Crippen LogP contribution in [0.4, 0.5) is 0 Å². The van der Waals surface area contributed by atoms with Crippen molar-refractivity contribution in [2.24, 2.45) is 0 Å². The zero-order valence-electron chi connectivity index (χ0n) is 12.2. The molecule has 18 heavy (non-hydrogen) atoms. The van der Waals surface area contributed by atoms with Crippen LogP contribution in [0.25, 0.3) is 0 Å². The summed E-state index contributed by atoms with van der Waals surface area (Å²) >= 11 is 0. The van der Waals surface area contributed by atoms with Crippen molar-refractivity contribution in [3.63, 3.8) is 0 Å². The van der Waals surface area contributed by atoms with Crippen LogP contribution < -0.4 is 10.1 Å². The van der Waals surface area contributed by atoms with Gasteiger partial charge in [0.05, 0.1) is 7.11 Å². The maximum absolute atomic E-state index is 5.42. The van der Waals surface area contributed by atoms with Crippen molar-refractivity contribution in [1.29, 1.82) is 0 Å². The van der Waals surface area contributed by atoms with Crippen molar-refractivity contribution in [2.45, 2.75) is 58.5 Å². The second-order valence-electron chi connectivity index (χ2n) is 4.88. The van der Waals surface area contributed by atoms with E-state index in [1.807, 2.05) is 12.1 Å². The molecule has 1 rings (SSSR count). The third kappa shape index (κ3) is 4.34. The number of para-hydroxylation sites is 1. The molecular formula is C16H27NO. The van der Waals surface area contributed by atoms with E-state index in [1.165, 1.54) is 31.2 Å². The summed E-state index contributed by atoms with van der Waals surface area (Å²) < 4.78 is 5.42. The Kier molecular flexibility index (Phi) is 6.81. The standard InChI is InChI=1S/C16H27NO/c1-5-7-10-14(6-2)17-13(3)15-11-8-9-12-16(15)18-4/h8-9,11-14,17H,5-7,10H2,1-4H3/t13-,14?/m1/s1. The van der Waals surface area contributed by atoms with E-state index in [1.54, 1.807) is 7.11 Å². The van der Waals surface area contributed by atoms with E-state index in [9.17, 15) is 0 Å². The minimum absolute atomic E-state index is 0.336. The van der Waals surface area contributed by atoms with E-state index in [2.05, 4.69) is 38.2 Å². The van der Waals surface area contributed by atoms with Gasteiger partial charge in [0.15, 0.2) is 0 Å². The highest BCUT2D eigenvalue weighted by Gasteiger charge is 2.14. The molecule has 1 aromatic carbocycles. The number of hydrogen-bond acceptors (Lipinski definition) is 2. The lowest BCUT2D eigenvalue weighted by Gasteiger charge is -2.23. The molecule has 1 unspecified atom stereocenters. The molecule has 1 N–H and O–H groups in total. The molecule has 0 spiro atoms. The van der Waals surface area contributed by atoms with Crippen LogP contribution in [0, 0.1) is 0 Å². The highest BCUT2D eigenvalue weighted by atomic mass is 16.5. The lowest BCUT2D eigenvalue weighted by Crippen LogP contribution is -2.31.